The normalized spacial score (nSPS) is 13.0. The highest BCUT2D eigenvalue weighted by Crippen LogP contribution is 2.52. The van der Waals surface area contributed by atoms with Crippen molar-refractivity contribution in [3.05, 3.63) is 98.9 Å². The van der Waals surface area contributed by atoms with E-state index in [1.54, 1.807) is 78.9 Å². The molecule has 3 aromatic rings. The Kier molecular flexibility index (Phi) is 5.71. The van der Waals surface area contributed by atoms with Crippen molar-refractivity contribution >= 4 is 55.4 Å². The van der Waals surface area contributed by atoms with Crippen LogP contribution in [0.25, 0.3) is 0 Å². The van der Waals surface area contributed by atoms with Crippen molar-refractivity contribution in [1.82, 2.24) is 0 Å². The number of hydrogen-bond acceptors (Lipinski definition) is 3. The maximum Gasteiger partial charge on any atom is 0.248 e. The zero-order valence-corrected chi connectivity index (χ0v) is 17.5. The lowest BCUT2D eigenvalue weighted by Crippen LogP contribution is -2.21. The Morgan fingerprint density at radius 3 is 1.69 bits per heavy atom. The van der Waals surface area contributed by atoms with Crippen LogP contribution in [0.15, 0.2) is 87.8 Å². The Morgan fingerprint density at radius 2 is 1.15 bits per heavy atom. The van der Waals surface area contributed by atoms with Crippen LogP contribution in [-0.2, 0) is 4.57 Å². The number of hydrogen-bond donors (Lipinski definition) is 0. The van der Waals surface area contributed by atoms with Crippen LogP contribution < -0.4 is 5.30 Å². The van der Waals surface area contributed by atoms with Gasteiger partial charge in [0.1, 0.15) is 0 Å². The molecule has 0 aromatic heterocycles. The molecule has 0 heterocycles. The first-order valence-corrected chi connectivity index (χ1v) is 11.0. The minimum atomic E-state index is -4.09. The van der Waals surface area contributed by atoms with Crippen LogP contribution >= 0.6 is 39.0 Å². The third-order valence-electron chi connectivity index (χ3n) is 3.89. The summed E-state index contributed by atoms with van der Waals surface area (Å²) >= 11 is 6.67. The Hall–Kier alpha value is -1.81. The molecule has 0 spiro atoms. The maximum absolute atomic E-state index is 14.0. The summed E-state index contributed by atoms with van der Waals surface area (Å²) in [4.78, 5) is 26.6. The maximum atomic E-state index is 14.0. The predicted octanol–water partition coefficient (Wildman–Crippen LogP) is 5.88. The molecule has 0 aliphatic heterocycles. The zero-order valence-electron chi connectivity index (χ0n) is 13.4. The standard InChI is InChI=1S/C20H13Br2O3P/c21-16-12-7-13-17(22)18(16)20(24)26(25,15-10-5-2-6-11-15)19(23)14-8-3-1-4-9-14/h1-13H. The molecule has 1 atom stereocenters. The number of carbonyl (C=O) groups is 2. The number of halogens is 2. The molecule has 0 fully saturated rings. The van der Waals surface area contributed by atoms with Gasteiger partial charge < -0.3 is 4.57 Å². The van der Waals surface area contributed by atoms with Gasteiger partial charge in [-0.05, 0) is 44.0 Å². The molecular formula is C20H13Br2O3P. The van der Waals surface area contributed by atoms with Crippen molar-refractivity contribution < 1.29 is 14.2 Å². The second kappa shape index (κ2) is 7.83. The molecule has 130 valence electrons. The Labute approximate surface area is 168 Å². The van der Waals surface area contributed by atoms with Gasteiger partial charge in [-0.2, -0.15) is 0 Å². The second-order valence-electron chi connectivity index (χ2n) is 5.52. The van der Waals surface area contributed by atoms with Crippen molar-refractivity contribution in [1.29, 1.82) is 0 Å². The van der Waals surface area contributed by atoms with Crippen molar-refractivity contribution in [2.45, 2.75) is 0 Å². The summed E-state index contributed by atoms with van der Waals surface area (Å²) in [6, 6.07) is 21.6. The lowest BCUT2D eigenvalue weighted by molar-refractivity contribution is 0.104. The second-order valence-corrected chi connectivity index (χ2v) is 9.77. The molecule has 0 radical (unpaired) electrons. The molecule has 0 saturated carbocycles. The van der Waals surface area contributed by atoms with Crippen LogP contribution in [0.1, 0.15) is 20.7 Å². The van der Waals surface area contributed by atoms with E-state index >= 15 is 0 Å². The summed E-state index contributed by atoms with van der Waals surface area (Å²) in [6.45, 7) is 0. The summed E-state index contributed by atoms with van der Waals surface area (Å²) in [6.07, 6.45) is 0. The third-order valence-corrected chi connectivity index (χ3v) is 7.86. The van der Waals surface area contributed by atoms with Crippen molar-refractivity contribution in [2.75, 3.05) is 0 Å². The van der Waals surface area contributed by atoms with Gasteiger partial charge in [0.25, 0.3) is 0 Å². The smallest absolute Gasteiger partial charge is 0.248 e. The Bertz CT molecular complexity index is 997. The van der Waals surface area contributed by atoms with Crippen LogP contribution in [0.2, 0.25) is 0 Å². The van der Waals surface area contributed by atoms with Crippen LogP contribution in [-0.4, -0.2) is 11.0 Å². The molecule has 3 rings (SSSR count). The fourth-order valence-electron chi connectivity index (χ4n) is 2.59. The first-order chi connectivity index (χ1) is 12.5. The van der Waals surface area contributed by atoms with E-state index in [0.717, 1.165) is 0 Å². The van der Waals surface area contributed by atoms with Crippen LogP contribution in [0, 0.1) is 0 Å². The van der Waals surface area contributed by atoms with Crippen LogP contribution in [0.3, 0.4) is 0 Å². The molecule has 0 aliphatic rings. The first kappa shape index (κ1) is 19.0. The third kappa shape index (κ3) is 3.39. The largest absolute Gasteiger partial charge is 0.302 e. The van der Waals surface area contributed by atoms with E-state index in [4.69, 9.17) is 0 Å². The summed E-state index contributed by atoms with van der Waals surface area (Å²) < 4.78 is 14.9. The highest BCUT2D eigenvalue weighted by molar-refractivity contribution is 9.11. The SMILES string of the molecule is O=C(c1ccccc1)P(=O)(C(=O)c1c(Br)cccc1Br)c1ccccc1. The summed E-state index contributed by atoms with van der Waals surface area (Å²) in [5.41, 5.74) is -0.922. The number of benzene rings is 3. The van der Waals surface area contributed by atoms with E-state index in [9.17, 15) is 14.2 Å². The minimum Gasteiger partial charge on any atom is -0.302 e. The number of carbonyl (C=O) groups excluding carboxylic acids is 2. The Balaban J connectivity index is 2.24. The summed E-state index contributed by atoms with van der Waals surface area (Å²) in [5, 5.41) is 0.224. The summed E-state index contributed by atoms with van der Waals surface area (Å²) in [7, 11) is -4.09. The van der Waals surface area contributed by atoms with Gasteiger partial charge in [-0.1, -0.05) is 66.7 Å². The van der Waals surface area contributed by atoms with Gasteiger partial charge in [-0.25, -0.2) is 0 Å². The molecule has 1 unspecified atom stereocenters. The zero-order chi connectivity index (χ0) is 18.7. The fraction of sp³-hybridized carbons (Fsp3) is 0. The van der Waals surface area contributed by atoms with E-state index in [1.165, 1.54) is 0 Å². The highest BCUT2D eigenvalue weighted by atomic mass is 79.9. The van der Waals surface area contributed by atoms with E-state index in [1.807, 2.05) is 0 Å². The monoisotopic (exact) mass is 490 g/mol. The molecule has 26 heavy (non-hydrogen) atoms. The molecule has 0 aliphatic carbocycles. The van der Waals surface area contributed by atoms with Crippen LogP contribution in [0.4, 0.5) is 0 Å². The number of rotatable bonds is 5. The molecule has 0 saturated heterocycles. The minimum absolute atomic E-state index is 0.198. The van der Waals surface area contributed by atoms with Gasteiger partial charge in [-0.3, -0.25) is 9.59 Å². The van der Waals surface area contributed by atoms with Gasteiger partial charge in [0.2, 0.25) is 18.2 Å². The highest BCUT2D eigenvalue weighted by Gasteiger charge is 2.43. The van der Waals surface area contributed by atoms with Crippen molar-refractivity contribution in [3.63, 3.8) is 0 Å². The lowest BCUT2D eigenvalue weighted by atomic mass is 10.2. The van der Waals surface area contributed by atoms with Gasteiger partial charge in [0.05, 0.1) is 5.56 Å². The van der Waals surface area contributed by atoms with E-state index in [2.05, 4.69) is 31.9 Å². The molecular weight excluding hydrogens is 479 g/mol. The quantitative estimate of drug-likeness (QED) is 0.419. The average molecular weight is 492 g/mol. The van der Waals surface area contributed by atoms with E-state index < -0.39 is 18.2 Å². The predicted molar refractivity (Wildman–Crippen MR) is 111 cm³/mol. The van der Waals surface area contributed by atoms with Crippen molar-refractivity contribution in [3.8, 4) is 0 Å². The fourth-order valence-corrected chi connectivity index (χ4v) is 6.57. The summed E-state index contributed by atoms with van der Waals surface area (Å²) in [5.74, 6) is 0. The van der Waals surface area contributed by atoms with E-state index in [0.29, 0.717) is 8.95 Å². The van der Waals surface area contributed by atoms with Gasteiger partial charge in [0, 0.05) is 19.8 Å². The lowest BCUT2D eigenvalue weighted by Gasteiger charge is -2.18. The Morgan fingerprint density at radius 1 is 0.654 bits per heavy atom. The van der Waals surface area contributed by atoms with Gasteiger partial charge in [-0.15, -0.1) is 0 Å². The first-order valence-electron chi connectivity index (χ1n) is 7.70. The van der Waals surface area contributed by atoms with Gasteiger partial charge in [0.15, 0.2) is 0 Å². The van der Waals surface area contributed by atoms with E-state index in [-0.39, 0.29) is 16.4 Å². The molecule has 6 heteroatoms. The molecule has 0 N–H and O–H groups in total. The topological polar surface area (TPSA) is 51.2 Å². The molecule has 0 amide bonds. The van der Waals surface area contributed by atoms with Crippen LogP contribution in [0.5, 0.6) is 0 Å². The molecule has 0 bridgehead atoms. The van der Waals surface area contributed by atoms with Gasteiger partial charge >= 0.3 is 0 Å². The average Bonchev–Trinajstić information content (AvgIpc) is 2.68. The molecule has 3 aromatic carbocycles. The molecule has 3 nitrogen and oxygen atoms in total. The van der Waals surface area contributed by atoms with Crippen molar-refractivity contribution in [2.24, 2.45) is 0 Å².